The van der Waals surface area contributed by atoms with E-state index in [9.17, 15) is 4.79 Å². The van der Waals surface area contributed by atoms with Crippen LogP contribution in [0.5, 0.6) is 0 Å². The van der Waals surface area contributed by atoms with Gasteiger partial charge in [0.25, 0.3) is 0 Å². The molecule has 0 fully saturated rings. The lowest BCUT2D eigenvalue weighted by atomic mass is 10.1. The van der Waals surface area contributed by atoms with Crippen LogP contribution in [0.2, 0.25) is 0 Å². The van der Waals surface area contributed by atoms with Gasteiger partial charge in [0.15, 0.2) is 0 Å². The summed E-state index contributed by atoms with van der Waals surface area (Å²) in [6.07, 6.45) is 1.55. The number of nitrogens with one attached hydrogen (secondary N) is 1. The number of benzene rings is 2. The molecule has 4 aromatic rings. The SMILES string of the molecule is C[C@@H](Sc1ncnc2sccc12)C(=O)Nc1ccc2ccccc2c1. The van der Waals surface area contributed by atoms with Gasteiger partial charge in [0.2, 0.25) is 5.91 Å². The highest BCUT2D eigenvalue weighted by atomic mass is 32.2. The first-order valence-electron chi connectivity index (χ1n) is 7.85. The zero-order valence-corrected chi connectivity index (χ0v) is 15.1. The Balaban J connectivity index is 1.50. The maximum absolute atomic E-state index is 12.6. The molecule has 124 valence electrons. The Morgan fingerprint density at radius 3 is 2.84 bits per heavy atom. The van der Waals surface area contributed by atoms with Gasteiger partial charge in [-0.1, -0.05) is 42.1 Å². The van der Waals surface area contributed by atoms with E-state index in [1.165, 1.54) is 11.8 Å². The molecule has 6 heteroatoms. The molecule has 0 radical (unpaired) electrons. The molecule has 0 unspecified atom stereocenters. The molecule has 2 heterocycles. The van der Waals surface area contributed by atoms with Crippen molar-refractivity contribution in [3.05, 3.63) is 60.2 Å². The number of carbonyl (C=O) groups is 1. The summed E-state index contributed by atoms with van der Waals surface area (Å²) in [6, 6.07) is 16.0. The van der Waals surface area contributed by atoms with Crippen LogP contribution in [-0.4, -0.2) is 21.1 Å². The van der Waals surface area contributed by atoms with E-state index in [-0.39, 0.29) is 11.2 Å². The van der Waals surface area contributed by atoms with Gasteiger partial charge in [-0.3, -0.25) is 4.79 Å². The molecule has 0 aliphatic carbocycles. The summed E-state index contributed by atoms with van der Waals surface area (Å²) in [5.41, 5.74) is 0.805. The smallest absolute Gasteiger partial charge is 0.237 e. The van der Waals surface area contributed by atoms with E-state index >= 15 is 0 Å². The second-order valence-corrected chi connectivity index (χ2v) is 7.85. The van der Waals surface area contributed by atoms with E-state index in [2.05, 4.69) is 21.4 Å². The lowest BCUT2D eigenvalue weighted by Gasteiger charge is -2.12. The van der Waals surface area contributed by atoms with E-state index in [0.717, 1.165) is 31.7 Å². The minimum atomic E-state index is -0.260. The molecule has 25 heavy (non-hydrogen) atoms. The molecule has 0 saturated carbocycles. The average molecular weight is 365 g/mol. The molecule has 2 aromatic heterocycles. The van der Waals surface area contributed by atoms with E-state index < -0.39 is 0 Å². The molecule has 1 N–H and O–H groups in total. The summed E-state index contributed by atoms with van der Waals surface area (Å²) in [5, 5.41) is 8.83. The Bertz CT molecular complexity index is 1060. The van der Waals surface area contributed by atoms with E-state index in [1.807, 2.05) is 54.8 Å². The largest absolute Gasteiger partial charge is 0.325 e. The topological polar surface area (TPSA) is 54.9 Å². The molecule has 4 rings (SSSR count). The van der Waals surface area contributed by atoms with Gasteiger partial charge in [0, 0.05) is 11.1 Å². The van der Waals surface area contributed by atoms with E-state index in [1.54, 1.807) is 17.7 Å². The van der Waals surface area contributed by atoms with Gasteiger partial charge >= 0.3 is 0 Å². The maximum Gasteiger partial charge on any atom is 0.237 e. The van der Waals surface area contributed by atoms with Crippen molar-refractivity contribution in [3.63, 3.8) is 0 Å². The van der Waals surface area contributed by atoms with Crippen molar-refractivity contribution in [2.24, 2.45) is 0 Å². The van der Waals surface area contributed by atoms with E-state index in [4.69, 9.17) is 0 Å². The summed E-state index contributed by atoms with van der Waals surface area (Å²) in [7, 11) is 0. The molecule has 0 bridgehead atoms. The third-order valence-electron chi connectivity index (χ3n) is 3.90. The van der Waals surface area contributed by atoms with Gasteiger partial charge in [0.05, 0.1) is 5.25 Å². The molecule has 0 saturated heterocycles. The van der Waals surface area contributed by atoms with Gasteiger partial charge < -0.3 is 5.32 Å². The molecule has 1 amide bonds. The monoisotopic (exact) mass is 365 g/mol. The Labute approximate surface area is 153 Å². The standard InChI is InChI=1S/C19H15N3OS2/c1-12(25-19-16-8-9-24-18(16)20-11-21-19)17(23)22-15-7-6-13-4-2-3-5-14(13)10-15/h2-12H,1H3,(H,22,23)/t12-/m1/s1. The van der Waals surface area contributed by atoms with Crippen LogP contribution in [0.1, 0.15) is 6.92 Å². The number of thiophene rings is 1. The Hall–Kier alpha value is -2.44. The number of aromatic nitrogens is 2. The number of fused-ring (bicyclic) bond motifs is 2. The third-order valence-corrected chi connectivity index (χ3v) is 5.84. The van der Waals surface area contributed by atoms with Gasteiger partial charge in [-0.15, -0.1) is 11.3 Å². The van der Waals surface area contributed by atoms with Crippen LogP contribution in [-0.2, 0) is 4.79 Å². The summed E-state index contributed by atoms with van der Waals surface area (Å²) >= 11 is 3.03. The summed E-state index contributed by atoms with van der Waals surface area (Å²) in [6.45, 7) is 1.89. The second kappa shape index (κ2) is 6.82. The van der Waals surface area contributed by atoms with Crippen LogP contribution in [0.25, 0.3) is 21.0 Å². The summed E-state index contributed by atoms with van der Waals surface area (Å²) in [5.74, 6) is -0.0396. The Morgan fingerprint density at radius 2 is 1.96 bits per heavy atom. The quantitative estimate of drug-likeness (QED) is 0.410. The van der Waals surface area contributed by atoms with E-state index in [0.29, 0.717) is 0 Å². The number of hydrogen-bond acceptors (Lipinski definition) is 5. The fourth-order valence-corrected chi connectivity index (χ4v) is 4.29. The van der Waals surface area contributed by atoms with Crippen LogP contribution >= 0.6 is 23.1 Å². The minimum absolute atomic E-state index is 0.0396. The van der Waals surface area contributed by atoms with Gasteiger partial charge in [0.1, 0.15) is 16.2 Å². The normalized spacial score (nSPS) is 12.4. The number of amides is 1. The number of carbonyl (C=O) groups excluding carboxylic acids is 1. The second-order valence-electron chi connectivity index (χ2n) is 5.63. The number of hydrogen-bond donors (Lipinski definition) is 1. The number of thioether (sulfide) groups is 1. The predicted octanol–water partition coefficient (Wildman–Crippen LogP) is 4.96. The summed E-state index contributed by atoms with van der Waals surface area (Å²) < 4.78 is 0. The van der Waals surface area contributed by atoms with Crippen molar-refractivity contribution < 1.29 is 4.79 Å². The predicted molar refractivity (Wildman–Crippen MR) is 105 cm³/mol. The number of rotatable bonds is 4. The van der Waals surface area contributed by atoms with Crippen molar-refractivity contribution in [1.29, 1.82) is 0 Å². The maximum atomic E-state index is 12.6. The molecule has 0 aliphatic heterocycles. The van der Waals surface area contributed by atoms with Crippen molar-refractivity contribution in [3.8, 4) is 0 Å². The fourth-order valence-electron chi connectivity index (χ4n) is 2.59. The Kier molecular flexibility index (Phi) is 4.38. The molecular formula is C19H15N3OS2. The van der Waals surface area contributed by atoms with Crippen molar-refractivity contribution in [2.45, 2.75) is 17.2 Å². The molecule has 2 aromatic carbocycles. The highest BCUT2D eigenvalue weighted by molar-refractivity contribution is 8.00. The van der Waals surface area contributed by atoms with Crippen molar-refractivity contribution in [1.82, 2.24) is 9.97 Å². The number of nitrogens with zero attached hydrogens (tertiary/aromatic N) is 2. The minimum Gasteiger partial charge on any atom is -0.325 e. The van der Waals surface area contributed by atoms with Crippen LogP contribution in [0.15, 0.2) is 65.3 Å². The average Bonchev–Trinajstić information content (AvgIpc) is 3.11. The number of anilines is 1. The highest BCUT2D eigenvalue weighted by Gasteiger charge is 2.17. The van der Waals surface area contributed by atoms with Gasteiger partial charge in [-0.2, -0.15) is 0 Å². The molecular weight excluding hydrogens is 350 g/mol. The zero-order valence-electron chi connectivity index (χ0n) is 13.5. The van der Waals surface area contributed by atoms with Crippen LogP contribution in [0.4, 0.5) is 5.69 Å². The summed E-state index contributed by atoms with van der Waals surface area (Å²) in [4.78, 5) is 22.1. The first kappa shape index (κ1) is 16.1. The van der Waals surface area contributed by atoms with Crippen LogP contribution in [0.3, 0.4) is 0 Å². The first-order chi connectivity index (χ1) is 12.2. The molecule has 4 nitrogen and oxygen atoms in total. The zero-order chi connectivity index (χ0) is 17.2. The first-order valence-corrected chi connectivity index (χ1v) is 9.61. The van der Waals surface area contributed by atoms with Gasteiger partial charge in [-0.25, -0.2) is 9.97 Å². The van der Waals surface area contributed by atoms with Gasteiger partial charge in [-0.05, 0) is 41.3 Å². The lowest BCUT2D eigenvalue weighted by molar-refractivity contribution is -0.115. The van der Waals surface area contributed by atoms with Crippen LogP contribution in [0, 0.1) is 0 Å². The Morgan fingerprint density at radius 1 is 1.12 bits per heavy atom. The fraction of sp³-hybridized carbons (Fsp3) is 0.105. The third kappa shape index (κ3) is 3.36. The lowest BCUT2D eigenvalue weighted by Crippen LogP contribution is -2.22. The molecule has 1 atom stereocenters. The van der Waals surface area contributed by atoms with Crippen molar-refractivity contribution >= 4 is 55.7 Å². The molecule has 0 aliphatic rings. The van der Waals surface area contributed by atoms with Crippen LogP contribution < -0.4 is 5.32 Å². The highest BCUT2D eigenvalue weighted by Crippen LogP contribution is 2.30. The molecule has 0 spiro atoms. The van der Waals surface area contributed by atoms with Crippen molar-refractivity contribution in [2.75, 3.05) is 5.32 Å².